The number of nitrogens with one attached hydrogen (secondary N) is 1. The van der Waals surface area contributed by atoms with E-state index in [1.807, 2.05) is 19.1 Å². The first-order chi connectivity index (χ1) is 9.52. The molecule has 0 fully saturated rings. The molecular weight excluding hydrogens is 254 g/mol. The highest BCUT2D eigenvalue weighted by molar-refractivity contribution is 5.83. The van der Waals surface area contributed by atoms with Crippen molar-refractivity contribution >= 4 is 16.9 Å². The van der Waals surface area contributed by atoms with Crippen molar-refractivity contribution in [2.45, 2.75) is 39.5 Å². The lowest BCUT2D eigenvalue weighted by Gasteiger charge is -2.09. The lowest BCUT2D eigenvalue weighted by molar-refractivity contribution is -0.137. The van der Waals surface area contributed by atoms with Crippen LogP contribution in [-0.4, -0.2) is 16.1 Å². The molecule has 2 N–H and O–H groups in total. The molecule has 0 saturated heterocycles. The molecule has 1 aromatic heterocycles. The van der Waals surface area contributed by atoms with Crippen molar-refractivity contribution in [1.82, 2.24) is 4.98 Å². The summed E-state index contributed by atoms with van der Waals surface area (Å²) < 4.78 is 0. The molecule has 1 heterocycles. The van der Waals surface area contributed by atoms with Gasteiger partial charge in [0.15, 0.2) is 0 Å². The number of aromatic nitrogens is 1. The minimum Gasteiger partial charge on any atom is -0.481 e. The van der Waals surface area contributed by atoms with E-state index in [0.29, 0.717) is 18.4 Å². The zero-order valence-electron chi connectivity index (χ0n) is 11.8. The number of carbonyl (C=O) groups is 1. The molecule has 0 aliphatic rings. The van der Waals surface area contributed by atoms with Crippen LogP contribution in [0.4, 0.5) is 0 Å². The normalized spacial score (nSPS) is 10.9. The van der Waals surface area contributed by atoms with Crippen LogP contribution in [0.2, 0.25) is 0 Å². The van der Waals surface area contributed by atoms with E-state index in [1.165, 1.54) is 5.56 Å². The van der Waals surface area contributed by atoms with Gasteiger partial charge in [-0.05, 0) is 43.4 Å². The van der Waals surface area contributed by atoms with E-state index in [0.717, 1.165) is 22.9 Å². The summed E-state index contributed by atoms with van der Waals surface area (Å²) in [5.41, 5.74) is 3.59. The minimum absolute atomic E-state index is 0.0890. The van der Waals surface area contributed by atoms with Crippen molar-refractivity contribution in [2.24, 2.45) is 0 Å². The summed E-state index contributed by atoms with van der Waals surface area (Å²) in [6.45, 7) is 4.01. The highest BCUT2D eigenvalue weighted by Gasteiger charge is 2.10. The molecule has 0 aliphatic carbocycles. The Bertz CT molecular complexity index is 701. The summed E-state index contributed by atoms with van der Waals surface area (Å²) in [6.07, 6.45) is 2.00. The van der Waals surface area contributed by atoms with E-state index in [-0.39, 0.29) is 12.0 Å². The second-order valence-electron chi connectivity index (χ2n) is 5.04. The Morgan fingerprint density at radius 1 is 1.35 bits per heavy atom. The molecule has 4 heteroatoms. The van der Waals surface area contributed by atoms with Crippen LogP contribution in [0.1, 0.15) is 36.5 Å². The van der Waals surface area contributed by atoms with E-state index < -0.39 is 5.97 Å². The number of aliphatic carboxylic acids is 1. The first kappa shape index (κ1) is 14.3. The summed E-state index contributed by atoms with van der Waals surface area (Å²) in [6, 6.07) is 6.10. The van der Waals surface area contributed by atoms with E-state index in [2.05, 4.69) is 18.0 Å². The van der Waals surface area contributed by atoms with Gasteiger partial charge in [0.1, 0.15) is 0 Å². The van der Waals surface area contributed by atoms with Crippen molar-refractivity contribution in [3.63, 3.8) is 0 Å². The molecule has 0 atom stereocenters. The standard InChI is InChI=1S/C16H19NO3/c1-3-11-7-8-12-10(2)13(5-4-6-15(18)19)16(20)17-14(12)9-11/h7-9H,3-6H2,1-2H3,(H,17,20)(H,18,19). The fourth-order valence-electron chi connectivity index (χ4n) is 2.49. The summed E-state index contributed by atoms with van der Waals surface area (Å²) in [4.78, 5) is 25.6. The zero-order valence-corrected chi connectivity index (χ0v) is 11.8. The fourth-order valence-corrected chi connectivity index (χ4v) is 2.49. The number of hydrogen-bond acceptors (Lipinski definition) is 2. The smallest absolute Gasteiger partial charge is 0.303 e. The van der Waals surface area contributed by atoms with Gasteiger partial charge < -0.3 is 10.1 Å². The Kier molecular flexibility index (Phi) is 4.23. The third kappa shape index (κ3) is 2.90. The average molecular weight is 273 g/mol. The van der Waals surface area contributed by atoms with Crippen molar-refractivity contribution in [1.29, 1.82) is 0 Å². The van der Waals surface area contributed by atoms with Gasteiger partial charge in [0.2, 0.25) is 0 Å². The van der Waals surface area contributed by atoms with E-state index >= 15 is 0 Å². The van der Waals surface area contributed by atoms with E-state index in [1.54, 1.807) is 0 Å². The number of aromatic amines is 1. The van der Waals surface area contributed by atoms with Crippen LogP contribution in [0, 0.1) is 6.92 Å². The Morgan fingerprint density at radius 3 is 2.75 bits per heavy atom. The van der Waals surface area contributed by atoms with Gasteiger partial charge in [-0.25, -0.2) is 0 Å². The molecule has 0 aliphatic heterocycles. The van der Waals surface area contributed by atoms with Crippen LogP contribution in [0.5, 0.6) is 0 Å². The number of hydrogen-bond donors (Lipinski definition) is 2. The average Bonchev–Trinajstić information content (AvgIpc) is 2.41. The number of H-pyrrole nitrogens is 1. The van der Waals surface area contributed by atoms with E-state index in [4.69, 9.17) is 5.11 Å². The number of fused-ring (bicyclic) bond motifs is 1. The van der Waals surface area contributed by atoms with Crippen molar-refractivity contribution in [2.75, 3.05) is 0 Å². The summed E-state index contributed by atoms with van der Waals surface area (Å²) in [5.74, 6) is -0.826. The third-order valence-electron chi connectivity index (χ3n) is 3.69. The molecule has 2 aromatic rings. The summed E-state index contributed by atoms with van der Waals surface area (Å²) >= 11 is 0. The van der Waals surface area contributed by atoms with Crippen molar-refractivity contribution in [3.05, 3.63) is 45.2 Å². The maximum atomic E-state index is 12.1. The molecular formula is C16H19NO3. The highest BCUT2D eigenvalue weighted by Crippen LogP contribution is 2.20. The topological polar surface area (TPSA) is 70.2 Å². The summed E-state index contributed by atoms with van der Waals surface area (Å²) in [7, 11) is 0. The predicted molar refractivity (Wildman–Crippen MR) is 79.3 cm³/mol. The molecule has 0 unspecified atom stereocenters. The number of carboxylic acid groups (broad SMARTS) is 1. The first-order valence-electron chi connectivity index (χ1n) is 6.89. The predicted octanol–water partition coefficient (Wildman–Crippen LogP) is 2.81. The quantitative estimate of drug-likeness (QED) is 0.880. The second-order valence-corrected chi connectivity index (χ2v) is 5.04. The van der Waals surface area contributed by atoms with Gasteiger partial charge in [-0.15, -0.1) is 0 Å². The first-order valence-corrected chi connectivity index (χ1v) is 6.89. The monoisotopic (exact) mass is 273 g/mol. The van der Waals surface area contributed by atoms with Crippen LogP contribution in [0.3, 0.4) is 0 Å². The fraction of sp³-hybridized carbons (Fsp3) is 0.375. The Balaban J connectivity index is 2.41. The molecule has 0 saturated carbocycles. The van der Waals surface area contributed by atoms with Gasteiger partial charge in [-0.2, -0.15) is 0 Å². The number of rotatable bonds is 5. The maximum absolute atomic E-state index is 12.1. The van der Waals surface area contributed by atoms with Gasteiger partial charge in [0.25, 0.3) is 5.56 Å². The van der Waals surface area contributed by atoms with Gasteiger partial charge in [-0.1, -0.05) is 19.1 Å². The zero-order chi connectivity index (χ0) is 14.7. The molecule has 2 rings (SSSR count). The second kappa shape index (κ2) is 5.90. The van der Waals surface area contributed by atoms with Gasteiger partial charge in [0.05, 0.1) is 0 Å². The van der Waals surface area contributed by atoms with Crippen LogP contribution < -0.4 is 5.56 Å². The third-order valence-corrected chi connectivity index (χ3v) is 3.69. The molecule has 0 bridgehead atoms. The molecule has 0 amide bonds. The van der Waals surface area contributed by atoms with Crippen LogP contribution in [-0.2, 0) is 17.6 Å². The number of pyridine rings is 1. The number of benzene rings is 1. The Hall–Kier alpha value is -2.10. The number of carboxylic acids is 1. The number of aryl methyl sites for hydroxylation is 2. The Labute approximate surface area is 117 Å². The Morgan fingerprint density at radius 2 is 2.10 bits per heavy atom. The van der Waals surface area contributed by atoms with Crippen molar-refractivity contribution in [3.8, 4) is 0 Å². The lowest BCUT2D eigenvalue weighted by Crippen LogP contribution is -2.15. The SMILES string of the molecule is CCc1ccc2c(C)c(CCCC(=O)O)c(=O)[nH]c2c1. The molecule has 1 aromatic carbocycles. The van der Waals surface area contributed by atoms with Crippen LogP contribution >= 0.6 is 0 Å². The molecule has 106 valence electrons. The van der Waals surface area contributed by atoms with E-state index in [9.17, 15) is 9.59 Å². The molecule has 0 radical (unpaired) electrons. The van der Waals surface area contributed by atoms with Crippen LogP contribution in [0.15, 0.2) is 23.0 Å². The largest absolute Gasteiger partial charge is 0.481 e. The van der Waals surface area contributed by atoms with Gasteiger partial charge in [0, 0.05) is 22.9 Å². The van der Waals surface area contributed by atoms with Gasteiger partial charge in [-0.3, -0.25) is 9.59 Å². The molecule has 20 heavy (non-hydrogen) atoms. The highest BCUT2D eigenvalue weighted by atomic mass is 16.4. The maximum Gasteiger partial charge on any atom is 0.303 e. The van der Waals surface area contributed by atoms with Crippen molar-refractivity contribution < 1.29 is 9.90 Å². The minimum atomic E-state index is -0.826. The molecule has 0 spiro atoms. The summed E-state index contributed by atoms with van der Waals surface area (Å²) in [5, 5.41) is 9.71. The lowest BCUT2D eigenvalue weighted by atomic mass is 9.99. The van der Waals surface area contributed by atoms with Gasteiger partial charge >= 0.3 is 5.97 Å². The molecule has 4 nitrogen and oxygen atoms in total. The van der Waals surface area contributed by atoms with Crippen LogP contribution in [0.25, 0.3) is 10.9 Å².